The number of para-hydroxylation sites is 1. The first-order valence-electron chi connectivity index (χ1n) is 8.67. The number of halogens is 1. The van der Waals surface area contributed by atoms with Crippen LogP contribution < -0.4 is 14.9 Å². The van der Waals surface area contributed by atoms with Gasteiger partial charge >= 0.3 is 0 Å². The Morgan fingerprint density at radius 2 is 1.75 bits per heavy atom. The quantitative estimate of drug-likeness (QED) is 0.453. The van der Waals surface area contributed by atoms with E-state index in [-0.39, 0.29) is 12.5 Å². The summed E-state index contributed by atoms with van der Waals surface area (Å²) in [6.45, 7) is 0.304. The lowest BCUT2D eigenvalue weighted by Gasteiger charge is -2.07. The van der Waals surface area contributed by atoms with Gasteiger partial charge in [0.25, 0.3) is 5.91 Å². The summed E-state index contributed by atoms with van der Waals surface area (Å²) >= 11 is 5.97. The van der Waals surface area contributed by atoms with Gasteiger partial charge in [0, 0.05) is 0 Å². The summed E-state index contributed by atoms with van der Waals surface area (Å²) in [6, 6.07) is 24.3. The minimum absolute atomic E-state index is 0.179. The van der Waals surface area contributed by atoms with Crippen molar-refractivity contribution in [3.8, 4) is 11.5 Å². The van der Waals surface area contributed by atoms with E-state index in [1.165, 1.54) is 0 Å². The van der Waals surface area contributed by atoms with Crippen LogP contribution in [0.1, 0.15) is 11.1 Å². The van der Waals surface area contributed by atoms with Crippen LogP contribution in [0.5, 0.6) is 11.5 Å². The van der Waals surface area contributed by atoms with E-state index in [2.05, 4.69) is 10.5 Å². The third-order valence-corrected chi connectivity index (χ3v) is 4.02. The molecule has 3 aromatic rings. The van der Waals surface area contributed by atoms with Crippen molar-refractivity contribution in [2.75, 3.05) is 6.61 Å². The predicted octanol–water partition coefficient (Wildman–Crippen LogP) is 4.45. The molecule has 0 atom stereocenters. The van der Waals surface area contributed by atoms with E-state index in [1.807, 2.05) is 54.6 Å². The van der Waals surface area contributed by atoms with Crippen molar-refractivity contribution >= 4 is 23.7 Å². The zero-order valence-corrected chi connectivity index (χ0v) is 15.8. The molecule has 0 saturated carbocycles. The van der Waals surface area contributed by atoms with Gasteiger partial charge in [-0.05, 0) is 35.4 Å². The summed E-state index contributed by atoms with van der Waals surface area (Å²) in [4.78, 5) is 11.8. The zero-order chi connectivity index (χ0) is 19.6. The highest BCUT2D eigenvalue weighted by Gasteiger charge is 2.04. The molecule has 0 aliphatic rings. The minimum atomic E-state index is -0.382. The molecule has 0 heterocycles. The molecule has 0 spiro atoms. The number of carbonyl (C=O) groups is 1. The van der Waals surface area contributed by atoms with Crippen LogP contribution in [-0.2, 0) is 11.4 Å². The van der Waals surface area contributed by atoms with E-state index >= 15 is 0 Å². The number of hydrazone groups is 1. The van der Waals surface area contributed by atoms with Crippen LogP contribution in [0.15, 0.2) is 84.0 Å². The average Bonchev–Trinajstić information content (AvgIpc) is 2.73. The van der Waals surface area contributed by atoms with Gasteiger partial charge in [-0.3, -0.25) is 4.79 Å². The molecule has 1 N–H and O–H groups in total. The Balaban J connectivity index is 1.47. The van der Waals surface area contributed by atoms with Crippen LogP contribution in [0.2, 0.25) is 5.02 Å². The molecule has 142 valence electrons. The SMILES string of the molecule is O=C(COc1ccccc1Cl)N/N=C/c1cccc(OCc2ccccc2)c1. The third-order valence-electron chi connectivity index (χ3n) is 3.70. The molecular formula is C22H19ClN2O3. The minimum Gasteiger partial charge on any atom is -0.489 e. The van der Waals surface area contributed by atoms with E-state index in [0.29, 0.717) is 17.4 Å². The summed E-state index contributed by atoms with van der Waals surface area (Å²) in [5, 5.41) is 4.39. The molecule has 6 heteroatoms. The second kappa shape index (κ2) is 10.1. The van der Waals surface area contributed by atoms with Crippen LogP contribution in [0.4, 0.5) is 0 Å². The number of rotatable bonds is 8. The highest BCUT2D eigenvalue weighted by molar-refractivity contribution is 6.32. The Hall–Kier alpha value is -3.31. The van der Waals surface area contributed by atoms with Gasteiger partial charge in [0.05, 0.1) is 11.2 Å². The van der Waals surface area contributed by atoms with Crippen LogP contribution in [0.3, 0.4) is 0 Å². The van der Waals surface area contributed by atoms with E-state index in [0.717, 1.165) is 16.9 Å². The molecule has 1 amide bonds. The Morgan fingerprint density at radius 1 is 0.964 bits per heavy atom. The van der Waals surface area contributed by atoms with Crippen LogP contribution in [-0.4, -0.2) is 18.7 Å². The molecule has 5 nitrogen and oxygen atoms in total. The highest BCUT2D eigenvalue weighted by atomic mass is 35.5. The van der Waals surface area contributed by atoms with Gasteiger partial charge in [0.2, 0.25) is 0 Å². The first-order valence-corrected chi connectivity index (χ1v) is 9.04. The number of nitrogens with zero attached hydrogens (tertiary/aromatic N) is 1. The fraction of sp³-hybridized carbons (Fsp3) is 0.0909. The van der Waals surface area contributed by atoms with E-state index in [1.54, 1.807) is 30.5 Å². The van der Waals surface area contributed by atoms with Crippen molar-refractivity contribution in [1.29, 1.82) is 0 Å². The van der Waals surface area contributed by atoms with Gasteiger partial charge < -0.3 is 9.47 Å². The molecule has 0 radical (unpaired) electrons. The van der Waals surface area contributed by atoms with Gasteiger partial charge in [-0.15, -0.1) is 0 Å². The van der Waals surface area contributed by atoms with E-state index < -0.39 is 0 Å². The van der Waals surface area contributed by atoms with Crippen molar-refractivity contribution in [3.05, 3.63) is 95.0 Å². The van der Waals surface area contributed by atoms with E-state index in [9.17, 15) is 4.79 Å². The molecule has 0 aliphatic heterocycles. The average molecular weight is 395 g/mol. The topological polar surface area (TPSA) is 59.9 Å². The van der Waals surface area contributed by atoms with Crippen molar-refractivity contribution in [3.63, 3.8) is 0 Å². The number of ether oxygens (including phenoxy) is 2. The van der Waals surface area contributed by atoms with Gasteiger partial charge in [-0.25, -0.2) is 5.43 Å². The molecule has 0 saturated heterocycles. The molecule has 0 unspecified atom stereocenters. The monoisotopic (exact) mass is 394 g/mol. The summed E-state index contributed by atoms with van der Waals surface area (Å²) in [5.41, 5.74) is 4.31. The Labute approximate surface area is 168 Å². The molecule has 0 bridgehead atoms. The van der Waals surface area contributed by atoms with Gasteiger partial charge in [-0.1, -0.05) is 66.2 Å². The van der Waals surface area contributed by atoms with Crippen LogP contribution in [0.25, 0.3) is 0 Å². The molecule has 28 heavy (non-hydrogen) atoms. The van der Waals surface area contributed by atoms with E-state index in [4.69, 9.17) is 21.1 Å². The Morgan fingerprint density at radius 3 is 2.57 bits per heavy atom. The maximum atomic E-state index is 11.8. The number of carbonyl (C=O) groups excluding carboxylic acids is 1. The standard InChI is InChI=1S/C22H19ClN2O3/c23-20-11-4-5-12-21(20)28-16-22(26)25-24-14-18-9-6-10-19(13-18)27-15-17-7-2-1-3-8-17/h1-14H,15-16H2,(H,25,26)/b24-14+. The predicted molar refractivity (Wildman–Crippen MR) is 110 cm³/mol. The molecular weight excluding hydrogens is 376 g/mol. The molecule has 3 aromatic carbocycles. The smallest absolute Gasteiger partial charge is 0.277 e. The first kappa shape index (κ1) is 19.5. The molecule has 0 aromatic heterocycles. The Bertz CT molecular complexity index is 945. The summed E-state index contributed by atoms with van der Waals surface area (Å²) in [7, 11) is 0. The molecule has 3 rings (SSSR count). The fourth-order valence-electron chi connectivity index (χ4n) is 2.34. The normalized spacial score (nSPS) is 10.6. The van der Waals surface area contributed by atoms with Crippen LogP contribution in [0, 0.1) is 0 Å². The summed E-state index contributed by atoms with van der Waals surface area (Å²) in [6.07, 6.45) is 1.54. The third kappa shape index (κ3) is 6.14. The summed E-state index contributed by atoms with van der Waals surface area (Å²) < 4.78 is 11.1. The fourth-order valence-corrected chi connectivity index (χ4v) is 2.53. The summed E-state index contributed by atoms with van der Waals surface area (Å²) in [5.74, 6) is 0.792. The van der Waals surface area contributed by atoms with Crippen molar-refractivity contribution in [1.82, 2.24) is 5.43 Å². The second-order valence-corrected chi connectivity index (χ2v) is 6.27. The number of nitrogens with one attached hydrogen (secondary N) is 1. The number of hydrogen-bond donors (Lipinski definition) is 1. The molecule has 0 aliphatic carbocycles. The largest absolute Gasteiger partial charge is 0.489 e. The zero-order valence-electron chi connectivity index (χ0n) is 15.0. The van der Waals surface area contributed by atoms with Crippen molar-refractivity contribution in [2.24, 2.45) is 5.10 Å². The molecule has 0 fully saturated rings. The van der Waals surface area contributed by atoms with Crippen molar-refractivity contribution in [2.45, 2.75) is 6.61 Å². The number of amides is 1. The Kier molecular flexibility index (Phi) is 7.04. The van der Waals surface area contributed by atoms with Crippen molar-refractivity contribution < 1.29 is 14.3 Å². The lowest BCUT2D eigenvalue weighted by molar-refractivity contribution is -0.123. The maximum Gasteiger partial charge on any atom is 0.277 e. The lowest BCUT2D eigenvalue weighted by Crippen LogP contribution is -2.24. The van der Waals surface area contributed by atoms with Crippen LogP contribution >= 0.6 is 11.6 Å². The van der Waals surface area contributed by atoms with Gasteiger partial charge in [0.1, 0.15) is 18.1 Å². The number of benzene rings is 3. The van der Waals surface area contributed by atoms with Gasteiger partial charge in [-0.2, -0.15) is 5.10 Å². The first-order chi connectivity index (χ1) is 13.7. The highest BCUT2D eigenvalue weighted by Crippen LogP contribution is 2.22. The second-order valence-electron chi connectivity index (χ2n) is 5.86. The maximum absolute atomic E-state index is 11.8. The lowest BCUT2D eigenvalue weighted by atomic mass is 10.2. The number of hydrogen-bond acceptors (Lipinski definition) is 4. The van der Waals surface area contributed by atoms with Gasteiger partial charge in [0.15, 0.2) is 6.61 Å².